The molecule has 0 aliphatic heterocycles. The number of carbonyl (C=O) groups excluding carboxylic acids is 1. The van der Waals surface area contributed by atoms with E-state index in [2.05, 4.69) is 5.32 Å². The molecule has 5 nitrogen and oxygen atoms in total. The number of benzene rings is 2. The minimum Gasteiger partial charge on any atom is -0.406 e. The first-order valence-corrected chi connectivity index (χ1v) is 8.73. The Morgan fingerprint density at radius 3 is 2.52 bits per heavy atom. The van der Waals surface area contributed by atoms with Gasteiger partial charge in [-0.3, -0.25) is 9.59 Å². The maximum absolute atomic E-state index is 12.6. The van der Waals surface area contributed by atoms with Crippen LogP contribution in [0.2, 0.25) is 0 Å². The van der Waals surface area contributed by atoms with Crippen molar-refractivity contribution < 1.29 is 9.63 Å². The number of pyridine rings is 1. The standard InChI is InChI=1S/C22H22N2O3/c1-15-6-4-7-18(13-15)14-27-24-11-5-8-19(22(24)26)21(25)23-20-10-9-16(2)12-17(20)3/h4-13H,14H2,1-3H3,(H,23,25). The van der Waals surface area contributed by atoms with Gasteiger partial charge in [0.2, 0.25) is 0 Å². The highest BCUT2D eigenvalue weighted by Gasteiger charge is 2.14. The Hall–Kier alpha value is -3.34. The number of amides is 1. The van der Waals surface area contributed by atoms with Crippen LogP contribution >= 0.6 is 0 Å². The Labute approximate surface area is 158 Å². The molecule has 1 amide bonds. The van der Waals surface area contributed by atoms with Crippen LogP contribution in [0, 0.1) is 20.8 Å². The summed E-state index contributed by atoms with van der Waals surface area (Å²) < 4.78 is 1.10. The zero-order valence-corrected chi connectivity index (χ0v) is 15.7. The van der Waals surface area contributed by atoms with Crippen LogP contribution in [0.5, 0.6) is 0 Å². The lowest BCUT2D eigenvalue weighted by Crippen LogP contribution is -2.32. The molecule has 3 rings (SSSR count). The fourth-order valence-corrected chi connectivity index (χ4v) is 2.84. The van der Waals surface area contributed by atoms with Crippen LogP contribution in [-0.4, -0.2) is 10.6 Å². The van der Waals surface area contributed by atoms with Crippen molar-refractivity contribution in [3.8, 4) is 0 Å². The minimum absolute atomic E-state index is 0.0294. The lowest BCUT2D eigenvalue weighted by atomic mass is 10.1. The van der Waals surface area contributed by atoms with Gasteiger partial charge in [-0.2, -0.15) is 4.73 Å². The molecule has 2 aromatic carbocycles. The zero-order chi connectivity index (χ0) is 19.4. The molecular formula is C22H22N2O3. The van der Waals surface area contributed by atoms with Crippen molar-refractivity contribution in [2.45, 2.75) is 27.4 Å². The van der Waals surface area contributed by atoms with Gasteiger partial charge in [0.15, 0.2) is 0 Å². The first kappa shape index (κ1) is 18.5. The Kier molecular flexibility index (Phi) is 5.41. The summed E-state index contributed by atoms with van der Waals surface area (Å²) in [6.45, 7) is 6.13. The molecule has 1 N–H and O–H groups in total. The van der Waals surface area contributed by atoms with E-state index in [4.69, 9.17) is 4.84 Å². The van der Waals surface area contributed by atoms with E-state index in [1.54, 1.807) is 6.07 Å². The molecule has 27 heavy (non-hydrogen) atoms. The van der Waals surface area contributed by atoms with Gasteiger partial charge in [-0.1, -0.05) is 47.5 Å². The number of hydrogen-bond acceptors (Lipinski definition) is 3. The summed E-state index contributed by atoms with van der Waals surface area (Å²) in [5.74, 6) is -0.458. The topological polar surface area (TPSA) is 60.3 Å². The second-order valence-corrected chi connectivity index (χ2v) is 6.59. The van der Waals surface area contributed by atoms with Gasteiger partial charge in [-0.05, 0) is 50.1 Å². The van der Waals surface area contributed by atoms with Crippen molar-refractivity contribution in [3.63, 3.8) is 0 Å². The van der Waals surface area contributed by atoms with E-state index in [0.717, 1.165) is 27.0 Å². The number of anilines is 1. The zero-order valence-electron chi connectivity index (χ0n) is 15.7. The third-order valence-electron chi connectivity index (χ3n) is 4.24. The Balaban J connectivity index is 1.77. The van der Waals surface area contributed by atoms with E-state index in [1.807, 2.05) is 63.2 Å². The van der Waals surface area contributed by atoms with E-state index < -0.39 is 11.5 Å². The van der Waals surface area contributed by atoms with E-state index in [0.29, 0.717) is 5.69 Å². The quantitative estimate of drug-likeness (QED) is 0.754. The number of carbonyl (C=O) groups is 1. The van der Waals surface area contributed by atoms with Gasteiger partial charge >= 0.3 is 0 Å². The molecule has 0 saturated carbocycles. The Bertz CT molecular complexity index is 1040. The largest absolute Gasteiger partial charge is 0.406 e. The van der Waals surface area contributed by atoms with Crippen LogP contribution in [0.1, 0.15) is 32.6 Å². The van der Waals surface area contributed by atoms with Crippen molar-refractivity contribution in [1.29, 1.82) is 0 Å². The summed E-state index contributed by atoms with van der Waals surface area (Å²) in [6, 6.07) is 16.7. The van der Waals surface area contributed by atoms with Crippen LogP contribution in [0.4, 0.5) is 5.69 Å². The van der Waals surface area contributed by atoms with Gasteiger partial charge in [0.1, 0.15) is 12.2 Å². The van der Waals surface area contributed by atoms with E-state index in [9.17, 15) is 9.59 Å². The smallest absolute Gasteiger partial charge is 0.295 e. The Morgan fingerprint density at radius 2 is 1.78 bits per heavy atom. The second kappa shape index (κ2) is 7.91. The summed E-state index contributed by atoms with van der Waals surface area (Å²) in [5.41, 5.74) is 4.33. The lowest BCUT2D eigenvalue weighted by molar-refractivity contribution is 0.0863. The van der Waals surface area contributed by atoms with Gasteiger partial charge in [0, 0.05) is 11.9 Å². The highest BCUT2D eigenvalue weighted by atomic mass is 16.7. The molecule has 0 radical (unpaired) electrons. The van der Waals surface area contributed by atoms with Crippen molar-refractivity contribution >= 4 is 11.6 Å². The van der Waals surface area contributed by atoms with Crippen LogP contribution in [-0.2, 0) is 6.61 Å². The summed E-state index contributed by atoms with van der Waals surface area (Å²) >= 11 is 0. The fraction of sp³-hybridized carbons (Fsp3) is 0.182. The van der Waals surface area contributed by atoms with Crippen molar-refractivity contribution in [2.75, 3.05) is 5.32 Å². The molecule has 1 aromatic heterocycles. The predicted octanol–water partition coefficient (Wildman–Crippen LogP) is 3.65. The third kappa shape index (κ3) is 4.44. The highest BCUT2D eigenvalue weighted by molar-refractivity contribution is 6.04. The molecule has 0 fully saturated rings. The molecule has 0 spiro atoms. The maximum Gasteiger partial charge on any atom is 0.295 e. The fourth-order valence-electron chi connectivity index (χ4n) is 2.84. The number of nitrogens with zero attached hydrogens (tertiary/aromatic N) is 1. The average molecular weight is 362 g/mol. The van der Waals surface area contributed by atoms with Crippen LogP contribution < -0.4 is 15.7 Å². The van der Waals surface area contributed by atoms with Crippen molar-refractivity contribution in [1.82, 2.24) is 4.73 Å². The SMILES string of the molecule is Cc1cccc(COn2cccc(C(=O)Nc3ccc(C)cc3C)c2=O)c1. The molecule has 1 heterocycles. The molecule has 0 saturated heterocycles. The molecular weight excluding hydrogens is 340 g/mol. The molecule has 5 heteroatoms. The van der Waals surface area contributed by atoms with Crippen LogP contribution in [0.25, 0.3) is 0 Å². The lowest BCUT2D eigenvalue weighted by Gasteiger charge is -2.12. The summed E-state index contributed by atoms with van der Waals surface area (Å²) in [5, 5.41) is 2.80. The normalized spacial score (nSPS) is 10.5. The summed E-state index contributed by atoms with van der Waals surface area (Å²) in [7, 11) is 0. The third-order valence-corrected chi connectivity index (χ3v) is 4.24. The van der Waals surface area contributed by atoms with Crippen molar-refractivity contribution in [3.05, 3.63) is 99.0 Å². The summed E-state index contributed by atoms with van der Waals surface area (Å²) in [6.07, 6.45) is 1.51. The molecule has 3 aromatic rings. The number of aromatic nitrogens is 1. The van der Waals surface area contributed by atoms with Gasteiger partial charge in [-0.25, -0.2) is 0 Å². The van der Waals surface area contributed by atoms with Gasteiger partial charge in [-0.15, -0.1) is 0 Å². The number of hydrogen-bond donors (Lipinski definition) is 1. The molecule has 0 aliphatic carbocycles. The molecule has 0 atom stereocenters. The average Bonchev–Trinajstić information content (AvgIpc) is 2.63. The van der Waals surface area contributed by atoms with Crippen LogP contribution in [0.3, 0.4) is 0 Å². The first-order chi connectivity index (χ1) is 12.9. The molecule has 0 bridgehead atoms. The Morgan fingerprint density at radius 1 is 1.00 bits per heavy atom. The van der Waals surface area contributed by atoms with Crippen LogP contribution in [0.15, 0.2) is 65.6 Å². The molecule has 0 unspecified atom stereocenters. The van der Waals surface area contributed by atoms with E-state index in [-0.39, 0.29) is 12.2 Å². The summed E-state index contributed by atoms with van der Waals surface area (Å²) in [4.78, 5) is 30.8. The first-order valence-electron chi connectivity index (χ1n) is 8.73. The van der Waals surface area contributed by atoms with E-state index >= 15 is 0 Å². The number of rotatable bonds is 5. The highest BCUT2D eigenvalue weighted by Crippen LogP contribution is 2.16. The molecule has 0 aliphatic rings. The minimum atomic E-state index is -0.493. The molecule has 138 valence electrons. The maximum atomic E-state index is 12.6. The number of nitrogens with one attached hydrogen (secondary N) is 1. The van der Waals surface area contributed by atoms with Gasteiger partial charge in [0.25, 0.3) is 11.5 Å². The van der Waals surface area contributed by atoms with E-state index in [1.165, 1.54) is 12.3 Å². The van der Waals surface area contributed by atoms with Gasteiger partial charge < -0.3 is 10.2 Å². The predicted molar refractivity (Wildman–Crippen MR) is 106 cm³/mol. The van der Waals surface area contributed by atoms with Crippen molar-refractivity contribution in [2.24, 2.45) is 0 Å². The second-order valence-electron chi connectivity index (χ2n) is 6.59. The van der Waals surface area contributed by atoms with Gasteiger partial charge in [0.05, 0.1) is 0 Å². The monoisotopic (exact) mass is 362 g/mol. The number of aryl methyl sites for hydroxylation is 3.